The third-order valence-electron chi connectivity index (χ3n) is 7.17. The highest BCUT2D eigenvalue weighted by Crippen LogP contribution is 2.41. The third-order valence-corrected chi connectivity index (χ3v) is 8.16. The molecule has 0 amide bonds. The molecular formula is C30H23N3OS. The van der Waals surface area contributed by atoms with Gasteiger partial charge in [-0.1, -0.05) is 83.6 Å². The number of aromatic nitrogens is 2. The van der Waals surface area contributed by atoms with Crippen LogP contribution >= 0.6 is 11.3 Å². The summed E-state index contributed by atoms with van der Waals surface area (Å²) in [5, 5.41) is 1.11. The molecule has 1 atom stereocenters. The molecule has 0 bridgehead atoms. The van der Waals surface area contributed by atoms with Crippen molar-refractivity contribution in [1.29, 1.82) is 0 Å². The number of fused-ring (bicyclic) bond motifs is 4. The summed E-state index contributed by atoms with van der Waals surface area (Å²) in [5.41, 5.74) is 9.26. The van der Waals surface area contributed by atoms with Crippen LogP contribution in [-0.2, 0) is 6.42 Å². The van der Waals surface area contributed by atoms with Gasteiger partial charge in [-0.05, 0) is 48.6 Å². The quantitative estimate of drug-likeness (QED) is 0.381. The van der Waals surface area contributed by atoms with Crippen molar-refractivity contribution in [2.45, 2.75) is 25.8 Å². The molecule has 0 saturated carbocycles. The summed E-state index contributed by atoms with van der Waals surface area (Å²) in [6, 6.07) is 25.2. The lowest BCUT2D eigenvalue weighted by Gasteiger charge is -2.30. The van der Waals surface area contributed by atoms with Crippen LogP contribution in [0.5, 0.6) is 0 Å². The Morgan fingerprint density at radius 2 is 1.80 bits per heavy atom. The first-order valence-corrected chi connectivity index (χ1v) is 12.7. The summed E-state index contributed by atoms with van der Waals surface area (Å²) in [6.45, 7) is 2.10. The number of aryl methyl sites for hydroxylation is 2. The van der Waals surface area contributed by atoms with E-state index in [4.69, 9.17) is 4.99 Å². The molecule has 4 nitrogen and oxygen atoms in total. The molecule has 0 spiro atoms. The maximum atomic E-state index is 13.9. The summed E-state index contributed by atoms with van der Waals surface area (Å²) >= 11 is 1.48. The number of para-hydroxylation sites is 1. The Morgan fingerprint density at radius 1 is 1.00 bits per heavy atom. The molecule has 5 heteroatoms. The van der Waals surface area contributed by atoms with E-state index in [0.29, 0.717) is 4.53 Å². The van der Waals surface area contributed by atoms with E-state index >= 15 is 0 Å². The van der Waals surface area contributed by atoms with Crippen molar-refractivity contribution >= 4 is 34.0 Å². The molecule has 2 aromatic heterocycles. The molecule has 1 unspecified atom stereocenters. The average molecular weight is 474 g/mol. The Bertz CT molecular complexity index is 1830. The standard InChI is InChI=1S/C30H23N3OS/c1-18-10-12-20(13-11-18)28-24-15-14-19-6-2-3-8-23(19)27(24)32-30-33(28)29(34)26(35-30)16-21-17-31-25-9-5-4-7-22(21)25/h2-13,16-17,28,31H,14-15H2,1H3. The number of aromatic amines is 1. The molecule has 0 saturated heterocycles. The van der Waals surface area contributed by atoms with Gasteiger partial charge in [-0.3, -0.25) is 9.36 Å². The molecular weight excluding hydrogens is 450 g/mol. The topological polar surface area (TPSA) is 50.1 Å². The van der Waals surface area contributed by atoms with E-state index in [9.17, 15) is 4.79 Å². The van der Waals surface area contributed by atoms with Crippen LogP contribution in [0, 0.1) is 6.92 Å². The first-order valence-electron chi connectivity index (χ1n) is 11.9. The second-order valence-electron chi connectivity index (χ2n) is 9.31. The maximum Gasteiger partial charge on any atom is 0.271 e. The van der Waals surface area contributed by atoms with Gasteiger partial charge in [-0.15, -0.1) is 0 Å². The number of H-pyrrole nitrogens is 1. The van der Waals surface area contributed by atoms with Gasteiger partial charge in [-0.25, -0.2) is 4.99 Å². The molecule has 5 aromatic rings. The van der Waals surface area contributed by atoms with E-state index < -0.39 is 0 Å². The number of hydrogen-bond donors (Lipinski definition) is 1. The van der Waals surface area contributed by atoms with Crippen molar-refractivity contribution in [3.63, 3.8) is 0 Å². The minimum absolute atomic E-state index is 0.0232. The number of nitrogens with zero attached hydrogens (tertiary/aromatic N) is 2. The highest BCUT2D eigenvalue weighted by molar-refractivity contribution is 7.07. The molecule has 1 aliphatic heterocycles. The van der Waals surface area contributed by atoms with Gasteiger partial charge < -0.3 is 4.98 Å². The Kier molecular flexibility index (Phi) is 4.54. The molecule has 1 aliphatic carbocycles. The maximum absolute atomic E-state index is 13.9. The summed E-state index contributed by atoms with van der Waals surface area (Å²) in [4.78, 5) is 23.1. The SMILES string of the molecule is Cc1ccc(C2C3=C(N=c4sc(=Cc5c[nH]c6ccccc56)c(=O)n42)c2ccccc2CC3)cc1. The fourth-order valence-electron chi connectivity index (χ4n) is 5.43. The largest absolute Gasteiger partial charge is 0.361 e. The third kappa shape index (κ3) is 3.19. The molecule has 7 rings (SSSR count). The zero-order chi connectivity index (χ0) is 23.5. The minimum Gasteiger partial charge on any atom is -0.361 e. The lowest BCUT2D eigenvalue weighted by Crippen LogP contribution is -2.38. The summed E-state index contributed by atoms with van der Waals surface area (Å²) in [5.74, 6) is 0. The van der Waals surface area contributed by atoms with Crippen molar-refractivity contribution in [2.24, 2.45) is 4.99 Å². The Balaban J connectivity index is 1.50. The van der Waals surface area contributed by atoms with Crippen molar-refractivity contribution < 1.29 is 0 Å². The van der Waals surface area contributed by atoms with Crippen LogP contribution in [0.15, 0.2) is 94.4 Å². The van der Waals surface area contributed by atoms with Crippen LogP contribution in [-0.4, -0.2) is 9.55 Å². The zero-order valence-corrected chi connectivity index (χ0v) is 20.1. The number of thiazole rings is 1. The first kappa shape index (κ1) is 20.4. The van der Waals surface area contributed by atoms with Crippen LogP contribution in [0.2, 0.25) is 0 Å². The van der Waals surface area contributed by atoms with Gasteiger partial charge in [-0.2, -0.15) is 0 Å². The number of rotatable bonds is 2. The van der Waals surface area contributed by atoms with E-state index in [0.717, 1.165) is 45.4 Å². The van der Waals surface area contributed by atoms with Gasteiger partial charge in [0.05, 0.1) is 16.3 Å². The van der Waals surface area contributed by atoms with Gasteiger partial charge >= 0.3 is 0 Å². The predicted octanol–water partition coefficient (Wildman–Crippen LogP) is 5.11. The summed E-state index contributed by atoms with van der Waals surface area (Å²) < 4.78 is 2.63. The van der Waals surface area contributed by atoms with Crippen molar-refractivity contribution in [2.75, 3.05) is 0 Å². The fourth-order valence-corrected chi connectivity index (χ4v) is 6.42. The molecule has 1 N–H and O–H groups in total. The zero-order valence-electron chi connectivity index (χ0n) is 19.3. The lowest BCUT2D eigenvalue weighted by molar-refractivity contribution is 0.585. The Labute approximate surface area is 206 Å². The van der Waals surface area contributed by atoms with Gasteiger partial charge in [0.15, 0.2) is 4.80 Å². The van der Waals surface area contributed by atoms with Crippen LogP contribution in [0.25, 0.3) is 22.7 Å². The molecule has 2 aliphatic rings. The van der Waals surface area contributed by atoms with Gasteiger partial charge in [0, 0.05) is 28.2 Å². The van der Waals surface area contributed by atoms with Crippen LogP contribution < -0.4 is 14.9 Å². The minimum atomic E-state index is -0.139. The summed E-state index contributed by atoms with van der Waals surface area (Å²) in [6.07, 6.45) is 5.85. The van der Waals surface area contributed by atoms with Crippen LogP contribution in [0.1, 0.15) is 40.3 Å². The van der Waals surface area contributed by atoms with Crippen molar-refractivity contribution in [1.82, 2.24) is 9.55 Å². The fraction of sp³-hybridized carbons (Fsp3) is 0.133. The molecule has 0 radical (unpaired) electrons. The molecule has 3 heterocycles. The second-order valence-corrected chi connectivity index (χ2v) is 10.3. The highest BCUT2D eigenvalue weighted by atomic mass is 32.1. The monoisotopic (exact) mass is 473 g/mol. The summed E-state index contributed by atoms with van der Waals surface area (Å²) in [7, 11) is 0. The first-order chi connectivity index (χ1) is 17.2. The Hall–Kier alpha value is -3.96. The van der Waals surface area contributed by atoms with Gasteiger partial charge in [0.1, 0.15) is 0 Å². The second kappa shape index (κ2) is 7.79. The number of hydrogen-bond acceptors (Lipinski definition) is 3. The number of nitrogens with one attached hydrogen (secondary N) is 1. The van der Waals surface area contributed by atoms with E-state index in [1.54, 1.807) is 0 Å². The Morgan fingerprint density at radius 3 is 2.69 bits per heavy atom. The normalized spacial score (nSPS) is 17.2. The molecule has 35 heavy (non-hydrogen) atoms. The molecule has 170 valence electrons. The number of allylic oxidation sites excluding steroid dienone is 1. The van der Waals surface area contributed by atoms with Crippen molar-refractivity contribution in [3.8, 4) is 0 Å². The van der Waals surface area contributed by atoms with E-state index in [1.165, 1.54) is 33.6 Å². The van der Waals surface area contributed by atoms with Gasteiger partial charge in [0.2, 0.25) is 0 Å². The predicted molar refractivity (Wildman–Crippen MR) is 142 cm³/mol. The smallest absolute Gasteiger partial charge is 0.271 e. The van der Waals surface area contributed by atoms with Crippen LogP contribution in [0.4, 0.5) is 0 Å². The average Bonchev–Trinajstić information content (AvgIpc) is 3.44. The molecule has 3 aromatic carbocycles. The van der Waals surface area contributed by atoms with E-state index in [1.807, 2.05) is 29.0 Å². The highest BCUT2D eigenvalue weighted by Gasteiger charge is 2.32. The number of benzene rings is 3. The van der Waals surface area contributed by atoms with Crippen LogP contribution in [0.3, 0.4) is 0 Å². The van der Waals surface area contributed by atoms with E-state index in [-0.39, 0.29) is 11.6 Å². The molecule has 0 fully saturated rings. The van der Waals surface area contributed by atoms with Crippen molar-refractivity contribution in [3.05, 3.63) is 132 Å². The van der Waals surface area contributed by atoms with Gasteiger partial charge in [0.25, 0.3) is 5.56 Å². The van der Waals surface area contributed by atoms with E-state index in [2.05, 4.69) is 72.6 Å². The lowest BCUT2D eigenvalue weighted by atomic mass is 9.83.